The summed E-state index contributed by atoms with van der Waals surface area (Å²) >= 11 is 0. The normalized spacial score (nSPS) is 12.3. The van der Waals surface area contributed by atoms with E-state index in [0.29, 0.717) is 40.4 Å². The topological polar surface area (TPSA) is 11.6 Å². The summed E-state index contributed by atoms with van der Waals surface area (Å²) in [7, 11) is 0.334. The van der Waals surface area contributed by atoms with Crippen molar-refractivity contribution >= 4 is 87.7 Å². The fourth-order valence-corrected chi connectivity index (χ4v) is 21.7. The van der Waals surface area contributed by atoms with Crippen molar-refractivity contribution in [2.75, 3.05) is 0 Å². The van der Waals surface area contributed by atoms with E-state index < -0.39 is 24.2 Å². The number of hydrogen-bond acceptors (Lipinski definition) is 0. The molecule has 3 aromatic heterocycles. The van der Waals surface area contributed by atoms with Crippen LogP contribution in [0.5, 0.6) is 0 Å². The first-order valence-electron chi connectivity index (χ1n) is 35.9. The van der Waals surface area contributed by atoms with Crippen LogP contribution in [0, 0.1) is 94.7 Å². The van der Waals surface area contributed by atoms with E-state index in [4.69, 9.17) is 4.11 Å². The molecule has 0 aliphatic carbocycles. The predicted molar refractivity (Wildman–Crippen MR) is 423 cm³/mol. The van der Waals surface area contributed by atoms with Crippen molar-refractivity contribution in [2.24, 2.45) is 21.1 Å². The fourth-order valence-electron chi connectivity index (χ4n) is 14.6. The molecule has 8 heteroatoms. The average Bonchev–Trinajstić information content (AvgIpc) is 0.764. The highest BCUT2D eigenvalue weighted by molar-refractivity contribution is 7.01. The second-order valence-corrected chi connectivity index (χ2v) is 42.2. The van der Waals surface area contributed by atoms with Crippen molar-refractivity contribution in [3.05, 3.63) is 291 Å². The molecule has 0 fully saturated rings. The lowest BCUT2D eigenvalue weighted by Crippen LogP contribution is -2.52. The maximum atomic E-state index is 15.5. The number of aryl methyl sites for hydroxylation is 6. The standard InChI is InChI=1S/C34H36NSi.2C28H31FNSi/c1-23-12-11-13-24(2)33(23)27-16-18-31(25(3)20-27)34-32-19-17-30(22-28(32)21-26(4)35(34)5)36(6,7)29-14-9-8-10-15-29;1-18-15-26(20(3)21(4)27(18)29)28-25-14-13-24(17-22(25)16-19(2)30(28)5)31(6,7)23-11-9-8-10-12-23;1-18-15-19(2)27(29)26(21(18)4)28-25-14-13-24(17-22(25)16-20(3)30(28)5)31(6,7)23-11-9-8-10-12-23/h8-22H,1-7H3;2*8-17H,1-7H3/q3*+1/i21D;2*16D. The van der Waals surface area contributed by atoms with Gasteiger partial charge in [-0.2, -0.15) is 13.7 Å². The summed E-state index contributed by atoms with van der Waals surface area (Å²) in [5.41, 5.74) is 20.1. The highest BCUT2D eigenvalue weighted by Crippen LogP contribution is 2.37. The first-order valence-corrected chi connectivity index (χ1v) is 43.4. The summed E-state index contributed by atoms with van der Waals surface area (Å²) in [5, 5.41) is 14.1. The molecular weight excluding hydrogens is 1250 g/mol. The summed E-state index contributed by atoms with van der Waals surface area (Å²) in [6, 6.07) is 71.0. The molecule has 3 heterocycles. The van der Waals surface area contributed by atoms with Gasteiger partial charge in [-0.1, -0.05) is 234 Å². The van der Waals surface area contributed by atoms with E-state index in [2.05, 4.69) is 259 Å². The van der Waals surface area contributed by atoms with E-state index in [1.807, 2.05) is 92.3 Å². The van der Waals surface area contributed by atoms with E-state index in [1.165, 1.54) is 70.2 Å². The van der Waals surface area contributed by atoms with Gasteiger partial charge in [0.1, 0.15) is 57.0 Å². The van der Waals surface area contributed by atoms with Crippen LogP contribution in [-0.2, 0) is 21.1 Å². The Morgan fingerprint density at radius 2 is 0.673 bits per heavy atom. The quantitative estimate of drug-likeness (QED) is 0.0955. The predicted octanol–water partition coefficient (Wildman–Crippen LogP) is 18.1. The SMILES string of the molecule is [2H]c1c(C)[n+](C)c(-c2c(C)c(C)cc(C)c2F)c2ccc([Si](C)(C)c3ccccc3)cc12.[2H]c1c(C)[n+](C)c(-c2cc(C)c(F)c(C)c2C)c2ccc([Si](C)(C)c3ccccc3)cc12.[2H]c1c(C)[n+](C)c(-c2ccc(-c3c(C)cccc3C)cc2C)c2ccc([Si](C)(C)c3ccccc3)cc12. The van der Waals surface area contributed by atoms with E-state index in [-0.39, 0.29) is 11.6 Å². The van der Waals surface area contributed by atoms with Crippen LogP contribution >= 0.6 is 0 Å². The molecular formula is C90H98F2N3Si3+3. The number of rotatable bonds is 10. The zero-order valence-electron chi connectivity index (χ0n) is 64.6. The van der Waals surface area contributed by atoms with E-state index in [1.54, 1.807) is 0 Å². The van der Waals surface area contributed by atoms with Crippen molar-refractivity contribution in [3.63, 3.8) is 0 Å². The fraction of sp³-hybridized carbons (Fsp3) is 0.233. The Kier molecular flexibility index (Phi) is 18.7. The van der Waals surface area contributed by atoms with Crippen molar-refractivity contribution in [1.82, 2.24) is 0 Å². The minimum atomic E-state index is -1.93. The molecule has 0 bridgehead atoms. The Morgan fingerprint density at radius 1 is 0.296 bits per heavy atom. The molecule has 0 amide bonds. The lowest BCUT2D eigenvalue weighted by atomic mass is 9.91. The molecule has 0 atom stereocenters. The Labute approximate surface area is 590 Å². The summed E-state index contributed by atoms with van der Waals surface area (Å²) in [4.78, 5) is 0. The molecule has 0 N–H and O–H groups in total. The summed E-state index contributed by atoms with van der Waals surface area (Å²) in [6.07, 6.45) is 0. The summed E-state index contributed by atoms with van der Waals surface area (Å²) in [6.45, 7) is 38.3. The molecule has 0 radical (unpaired) electrons. The van der Waals surface area contributed by atoms with Crippen molar-refractivity contribution in [3.8, 4) is 44.9 Å². The van der Waals surface area contributed by atoms with Crippen LogP contribution in [0.15, 0.2) is 212 Å². The molecule has 3 nitrogen and oxygen atoms in total. The number of benzene rings is 10. The maximum Gasteiger partial charge on any atom is 0.223 e. The van der Waals surface area contributed by atoms with Crippen LogP contribution in [0.25, 0.3) is 77.2 Å². The second kappa shape index (κ2) is 27.7. The van der Waals surface area contributed by atoms with Gasteiger partial charge in [0.15, 0.2) is 17.1 Å². The number of halogens is 2. The molecule has 0 aliphatic rings. The van der Waals surface area contributed by atoms with Crippen molar-refractivity contribution in [1.29, 1.82) is 0 Å². The van der Waals surface area contributed by atoms with Gasteiger partial charge >= 0.3 is 0 Å². The van der Waals surface area contributed by atoms with Gasteiger partial charge < -0.3 is 0 Å². The van der Waals surface area contributed by atoms with Crippen LogP contribution < -0.4 is 44.8 Å². The van der Waals surface area contributed by atoms with Crippen LogP contribution in [0.3, 0.4) is 0 Å². The van der Waals surface area contributed by atoms with Crippen LogP contribution in [0.2, 0.25) is 39.3 Å². The zero-order valence-corrected chi connectivity index (χ0v) is 64.6. The second-order valence-electron chi connectivity index (χ2n) is 29.0. The number of nitrogens with zero attached hydrogens (tertiary/aromatic N) is 3. The molecule has 0 unspecified atom stereocenters. The number of pyridine rings is 3. The molecule has 13 aromatic rings. The van der Waals surface area contributed by atoms with E-state index in [0.717, 1.165) is 83.0 Å². The lowest BCUT2D eigenvalue weighted by Gasteiger charge is -2.24. The highest BCUT2D eigenvalue weighted by Gasteiger charge is 2.33. The van der Waals surface area contributed by atoms with Crippen molar-refractivity contribution < 1.29 is 26.6 Å². The minimum absolute atomic E-state index is 0.134. The van der Waals surface area contributed by atoms with E-state index >= 15 is 4.39 Å². The Balaban J connectivity index is 0.000000153. The number of aromatic nitrogens is 3. The molecule has 0 saturated heterocycles. The largest absolute Gasteiger partial charge is 0.223 e. The summed E-state index contributed by atoms with van der Waals surface area (Å²) in [5.74, 6) is -0.310. The number of hydrogen-bond donors (Lipinski definition) is 0. The van der Waals surface area contributed by atoms with Gasteiger partial charge in [0.25, 0.3) is 0 Å². The summed E-state index contributed by atoms with van der Waals surface area (Å²) < 4.78 is 63.2. The van der Waals surface area contributed by atoms with Crippen LogP contribution in [0.1, 0.15) is 71.3 Å². The third-order valence-corrected chi connectivity index (χ3v) is 32.2. The molecule has 0 saturated carbocycles. The first-order chi connectivity index (χ1) is 47.7. The third kappa shape index (κ3) is 13.2. The Hall–Kier alpha value is -9.06. The molecule has 0 aliphatic heterocycles. The van der Waals surface area contributed by atoms with Gasteiger partial charge in [0.05, 0.1) is 31.4 Å². The van der Waals surface area contributed by atoms with Crippen molar-refractivity contribution in [2.45, 2.75) is 122 Å². The Bertz CT molecular complexity index is 5390. The van der Waals surface area contributed by atoms with Gasteiger partial charge in [-0.15, -0.1) is 0 Å². The third-order valence-electron chi connectivity index (χ3n) is 21.6. The lowest BCUT2D eigenvalue weighted by molar-refractivity contribution is -0.665. The smallest absolute Gasteiger partial charge is 0.206 e. The molecule has 0 spiro atoms. The monoisotopic (exact) mass is 1350 g/mol. The maximum absolute atomic E-state index is 15.5. The minimum Gasteiger partial charge on any atom is -0.206 e. The number of fused-ring (bicyclic) bond motifs is 3. The first kappa shape index (κ1) is 66.2. The molecule has 98 heavy (non-hydrogen) atoms. The van der Waals surface area contributed by atoms with Crippen LogP contribution in [0.4, 0.5) is 8.78 Å². The van der Waals surface area contributed by atoms with Gasteiger partial charge in [-0.25, -0.2) is 8.78 Å². The highest BCUT2D eigenvalue weighted by atomic mass is 28.3. The molecule has 13 rings (SSSR count). The molecule has 10 aromatic carbocycles. The Morgan fingerprint density at radius 3 is 1.08 bits per heavy atom. The molecule has 496 valence electrons. The van der Waals surface area contributed by atoms with Crippen LogP contribution in [-0.4, -0.2) is 24.2 Å². The van der Waals surface area contributed by atoms with Gasteiger partial charge in [0, 0.05) is 44.5 Å². The van der Waals surface area contributed by atoms with Gasteiger partial charge in [-0.05, 0) is 170 Å². The van der Waals surface area contributed by atoms with Gasteiger partial charge in [-0.3, -0.25) is 0 Å². The zero-order chi connectivity index (χ0) is 73.2. The van der Waals surface area contributed by atoms with Gasteiger partial charge in [0.2, 0.25) is 17.1 Å². The van der Waals surface area contributed by atoms with E-state index in [9.17, 15) is 4.39 Å². The average molecular weight is 1350 g/mol.